The molecule has 1 unspecified atom stereocenters. The summed E-state index contributed by atoms with van der Waals surface area (Å²) in [5.74, 6) is 0.594. The standard InChI is InChI=1S/C9H13N5O/c10-4-7-8(12)15-13-9(7)14-3-1-2-6(11)5-14/h6H,1-3,5,11-12H2. The molecule has 6 nitrogen and oxygen atoms in total. The van der Waals surface area contributed by atoms with Crippen LogP contribution in [0.4, 0.5) is 11.7 Å². The Morgan fingerprint density at radius 3 is 3.07 bits per heavy atom. The number of piperidine rings is 1. The zero-order valence-electron chi connectivity index (χ0n) is 8.31. The molecule has 0 saturated carbocycles. The van der Waals surface area contributed by atoms with E-state index < -0.39 is 0 Å². The van der Waals surface area contributed by atoms with Crippen LogP contribution in [0.25, 0.3) is 0 Å². The second-order valence-corrected chi connectivity index (χ2v) is 3.71. The van der Waals surface area contributed by atoms with Crippen LogP contribution in [-0.2, 0) is 0 Å². The quantitative estimate of drug-likeness (QED) is 0.674. The van der Waals surface area contributed by atoms with Crippen molar-refractivity contribution in [3.63, 3.8) is 0 Å². The second kappa shape index (κ2) is 3.79. The predicted molar refractivity (Wildman–Crippen MR) is 55.1 cm³/mol. The largest absolute Gasteiger partial charge is 0.366 e. The number of nitrogens with two attached hydrogens (primary N) is 2. The number of hydrogen-bond acceptors (Lipinski definition) is 6. The minimum absolute atomic E-state index is 0.0756. The van der Waals surface area contributed by atoms with Crippen LogP contribution < -0.4 is 16.4 Å². The van der Waals surface area contributed by atoms with Crippen LogP contribution in [0.3, 0.4) is 0 Å². The molecule has 0 radical (unpaired) electrons. The van der Waals surface area contributed by atoms with Crippen molar-refractivity contribution in [3.05, 3.63) is 5.56 Å². The SMILES string of the molecule is N#Cc1c(N2CCCC(N)C2)noc1N. The average Bonchev–Trinajstić information content (AvgIpc) is 2.59. The van der Waals surface area contributed by atoms with Gasteiger partial charge in [0.25, 0.3) is 0 Å². The number of aromatic nitrogens is 1. The second-order valence-electron chi connectivity index (χ2n) is 3.71. The lowest BCUT2D eigenvalue weighted by atomic mass is 10.1. The van der Waals surface area contributed by atoms with Gasteiger partial charge in [0.2, 0.25) is 5.88 Å². The van der Waals surface area contributed by atoms with E-state index in [1.54, 1.807) is 0 Å². The predicted octanol–water partition coefficient (Wildman–Crippen LogP) is 0.0560. The number of nitrogen functional groups attached to an aromatic ring is 1. The molecule has 0 aromatic carbocycles. The van der Waals surface area contributed by atoms with E-state index in [2.05, 4.69) is 5.16 Å². The maximum absolute atomic E-state index is 8.90. The van der Waals surface area contributed by atoms with E-state index in [0.717, 1.165) is 19.4 Å². The van der Waals surface area contributed by atoms with Crippen molar-refractivity contribution in [1.82, 2.24) is 5.16 Å². The van der Waals surface area contributed by atoms with E-state index >= 15 is 0 Å². The molecular weight excluding hydrogens is 194 g/mol. The van der Waals surface area contributed by atoms with Gasteiger partial charge in [-0.1, -0.05) is 5.16 Å². The number of anilines is 2. The molecule has 2 rings (SSSR count). The van der Waals surface area contributed by atoms with Crippen molar-refractivity contribution in [1.29, 1.82) is 5.26 Å². The summed E-state index contributed by atoms with van der Waals surface area (Å²) in [6.45, 7) is 1.54. The summed E-state index contributed by atoms with van der Waals surface area (Å²) in [5.41, 5.74) is 11.6. The van der Waals surface area contributed by atoms with Gasteiger partial charge in [0.05, 0.1) is 0 Å². The van der Waals surface area contributed by atoms with Crippen LogP contribution in [0.2, 0.25) is 0 Å². The fraction of sp³-hybridized carbons (Fsp3) is 0.556. The highest BCUT2D eigenvalue weighted by atomic mass is 16.5. The Labute approximate surface area is 87.4 Å². The summed E-state index contributed by atoms with van der Waals surface area (Å²) in [4.78, 5) is 1.95. The molecule has 6 heteroatoms. The van der Waals surface area contributed by atoms with Crippen molar-refractivity contribution in [2.75, 3.05) is 23.7 Å². The summed E-state index contributed by atoms with van der Waals surface area (Å²) in [5, 5.41) is 12.7. The Hall–Kier alpha value is -1.74. The molecule has 0 aliphatic carbocycles. The van der Waals surface area contributed by atoms with Gasteiger partial charge in [-0.25, -0.2) is 0 Å². The van der Waals surface area contributed by atoms with Gasteiger partial charge >= 0.3 is 0 Å². The minimum atomic E-state index is 0.0756. The summed E-state index contributed by atoms with van der Waals surface area (Å²) < 4.78 is 4.80. The highest BCUT2D eigenvalue weighted by molar-refractivity contribution is 5.62. The molecular formula is C9H13N5O. The Balaban J connectivity index is 2.25. The smallest absolute Gasteiger partial charge is 0.242 e. The van der Waals surface area contributed by atoms with Gasteiger partial charge < -0.3 is 20.9 Å². The monoisotopic (exact) mass is 207 g/mol. The number of nitrogens with zero attached hydrogens (tertiary/aromatic N) is 3. The zero-order valence-corrected chi connectivity index (χ0v) is 8.31. The molecule has 80 valence electrons. The third kappa shape index (κ3) is 1.74. The molecule has 4 N–H and O–H groups in total. The maximum atomic E-state index is 8.90. The molecule has 0 bridgehead atoms. The highest BCUT2D eigenvalue weighted by Gasteiger charge is 2.24. The summed E-state index contributed by atoms with van der Waals surface area (Å²) in [6.07, 6.45) is 2.00. The van der Waals surface area contributed by atoms with Gasteiger partial charge in [-0.3, -0.25) is 0 Å². The first-order valence-electron chi connectivity index (χ1n) is 4.88. The Kier molecular flexibility index (Phi) is 2.47. The van der Waals surface area contributed by atoms with Gasteiger partial charge in [-0.05, 0) is 12.8 Å². The van der Waals surface area contributed by atoms with E-state index in [-0.39, 0.29) is 11.9 Å². The maximum Gasteiger partial charge on any atom is 0.242 e. The molecule has 1 fully saturated rings. The molecule has 1 saturated heterocycles. The Bertz CT molecular complexity index is 394. The third-order valence-corrected chi connectivity index (χ3v) is 2.57. The molecule has 1 aliphatic rings. The van der Waals surface area contributed by atoms with Gasteiger partial charge in [0.15, 0.2) is 11.4 Å². The van der Waals surface area contributed by atoms with E-state index in [0.29, 0.717) is 17.9 Å². The molecule has 0 amide bonds. The fourth-order valence-corrected chi connectivity index (χ4v) is 1.82. The van der Waals surface area contributed by atoms with Crippen LogP contribution in [0.15, 0.2) is 4.52 Å². The van der Waals surface area contributed by atoms with Gasteiger partial charge in [0, 0.05) is 19.1 Å². The van der Waals surface area contributed by atoms with Crippen LogP contribution in [0, 0.1) is 11.3 Å². The first kappa shape index (κ1) is 9.80. The van der Waals surface area contributed by atoms with Crippen LogP contribution in [0.5, 0.6) is 0 Å². The molecule has 0 spiro atoms. The van der Waals surface area contributed by atoms with Gasteiger partial charge in [-0.15, -0.1) is 0 Å². The van der Waals surface area contributed by atoms with Crippen LogP contribution in [-0.4, -0.2) is 24.3 Å². The number of hydrogen-bond donors (Lipinski definition) is 2. The van der Waals surface area contributed by atoms with Crippen LogP contribution >= 0.6 is 0 Å². The molecule has 15 heavy (non-hydrogen) atoms. The van der Waals surface area contributed by atoms with Crippen molar-refractivity contribution in [3.8, 4) is 6.07 Å². The van der Waals surface area contributed by atoms with Crippen LogP contribution in [0.1, 0.15) is 18.4 Å². The lowest BCUT2D eigenvalue weighted by Crippen LogP contribution is -2.43. The zero-order chi connectivity index (χ0) is 10.8. The fourth-order valence-electron chi connectivity index (χ4n) is 1.82. The Morgan fingerprint density at radius 1 is 1.60 bits per heavy atom. The highest BCUT2D eigenvalue weighted by Crippen LogP contribution is 2.26. The number of rotatable bonds is 1. The summed E-state index contributed by atoms with van der Waals surface area (Å²) in [7, 11) is 0. The molecule has 1 aliphatic heterocycles. The molecule has 2 heterocycles. The summed E-state index contributed by atoms with van der Waals surface area (Å²) >= 11 is 0. The summed E-state index contributed by atoms with van der Waals surface area (Å²) in [6, 6.07) is 2.12. The van der Waals surface area contributed by atoms with Crippen molar-refractivity contribution in [2.24, 2.45) is 5.73 Å². The van der Waals surface area contributed by atoms with E-state index in [1.807, 2.05) is 11.0 Å². The van der Waals surface area contributed by atoms with E-state index in [4.69, 9.17) is 21.3 Å². The Morgan fingerprint density at radius 2 is 2.40 bits per heavy atom. The van der Waals surface area contributed by atoms with Gasteiger partial charge in [0.1, 0.15) is 6.07 Å². The number of nitriles is 1. The van der Waals surface area contributed by atoms with Crippen molar-refractivity contribution >= 4 is 11.7 Å². The topological polar surface area (TPSA) is 105 Å². The van der Waals surface area contributed by atoms with Crippen molar-refractivity contribution < 1.29 is 4.52 Å². The molecule has 1 atom stereocenters. The third-order valence-electron chi connectivity index (χ3n) is 2.57. The minimum Gasteiger partial charge on any atom is -0.366 e. The van der Waals surface area contributed by atoms with Gasteiger partial charge in [-0.2, -0.15) is 5.26 Å². The first-order chi connectivity index (χ1) is 7.22. The van der Waals surface area contributed by atoms with E-state index in [9.17, 15) is 0 Å². The lowest BCUT2D eigenvalue weighted by molar-refractivity contribution is 0.427. The van der Waals surface area contributed by atoms with Crippen molar-refractivity contribution in [2.45, 2.75) is 18.9 Å². The first-order valence-corrected chi connectivity index (χ1v) is 4.88. The average molecular weight is 207 g/mol. The lowest BCUT2D eigenvalue weighted by Gasteiger charge is -2.30. The normalized spacial score (nSPS) is 21.3. The molecule has 1 aromatic rings. The van der Waals surface area contributed by atoms with E-state index in [1.165, 1.54) is 0 Å². The molecule has 1 aromatic heterocycles.